The molecule has 3 heterocycles. The van der Waals surface area contributed by atoms with Gasteiger partial charge >= 0.3 is 6.03 Å². The number of nitrogens with zero attached hydrogens (tertiary/aromatic N) is 4. The number of aliphatic hydroxyl groups excluding tert-OH is 1. The van der Waals surface area contributed by atoms with E-state index in [1.165, 1.54) is 4.90 Å². The molecule has 2 aromatic heterocycles. The van der Waals surface area contributed by atoms with E-state index in [1.807, 2.05) is 0 Å². The topological polar surface area (TPSA) is 102 Å². The maximum absolute atomic E-state index is 13.0. The molecule has 1 aliphatic rings. The average molecular weight is 395 g/mol. The molecule has 0 spiro atoms. The van der Waals surface area contributed by atoms with E-state index < -0.39 is 6.10 Å². The van der Waals surface area contributed by atoms with Gasteiger partial charge in [-0.2, -0.15) is 5.10 Å². The van der Waals surface area contributed by atoms with Crippen LogP contribution in [0, 0.1) is 0 Å². The lowest BCUT2D eigenvalue weighted by atomic mass is 9.95. The Morgan fingerprint density at radius 3 is 2.69 bits per heavy atom. The van der Waals surface area contributed by atoms with Crippen LogP contribution in [-0.2, 0) is 6.54 Å². The Kier molecular flexibility index (Phi) is 5.05. The third kappa shape index (κ3) is 3.47. The summed E-state index contributed by atoms with van der Waals surface area (Å²) in [4.78, 5) is 18.8. The number of pyridine rings is 1. The van der Waals surface area contributed by atoms with Gasteiger partial charge in [0, 0.05) is 29.7 Å². The van der Waals surface area contributed by atoms with Gasteiger partial charge < -0.3 is 24.8 Å². The number of aliphatic hydroxyl groups is 1. The first-order chi connectivity index (χ1) is 14.1. The second-order valence-corrected chi connectivity index (χ2v) is 6.51. The normalized spacial score (nSPS) is 15.6. The minimum atomic E-state index is -0.894. The quantitative estimate of drug-likeness (QED) is 0.703. The van der Waals surface area contributed by atoms with Crippen LogP contribution < -0.4 is 14.8 Å². The van der Waals surface area contributed by atoms with Gasteiger partial charge in [0.05, 0.1) is 33.0 Å². The van der Waals surface area contributed by atoms with Crippen molar-refractivity contribution in [1.29, 1.82) is 0 Å². The Bertz CT molecular complexity index is 1020. The van der Waals surface area contributed by atoms with Gasteiger partial charge in [-0.05, 0) is 30.3 Å². The highest BCUT2D eigenvalue weighted by Crippen LogP contribution is 2.39. The van der Waals surface area contributed by atoms with Crippen LogP contribution in [0.15, 0.2) is 48.9 Å². The van der Waals surface area contributed by atoms with Crippen molar-refractivity contribution in [1.82, 2.24) is 19.7 Å². The van der Waals surface area contributed by atoms with E-state index in [-0.39, 0.29) is 19.1 Å². The van der Waals surface area contributed by atoms with Crippen LogP contribution in [0.1, 0.15) is 17.2 Å². The Balaban J connectivity index is 1.61. The van der Waals surface area contributed by atoms with Crippen LogP contribution in [0.25, 0.3) is 5.82 Å². The number of urea groups is 1. The first-order valence-electron chi connectivity index (χ1n) is 9.05. The first kappa shape index (κ1) is 18.8. The second kappa shape index (κ2) is 7.80. The van der Waals surface area contributed by atoms with Crippen molar-refractivity contribution in [2.24, 2.45) is 0 Å². The smallest absolute Gasteiger partial charge is 0.322 e. The van der Waals surface area contributed by atoms with Gasteiger partial charge in [0.15, 0.2) is 5.82 Å². The summed E-state index contributed by atoms with van der Waals surface area (Å²) in [6.07, 6.45) is 4.12. The third-order valence-electron chi connectivity index (χ3n) is 4.83. The number of carbonyl (C=O) groups is 1. The van der Waals surface area contributed by atoms with Gasteiger partial charge in [0.25, 0.3) is 0 Å². The maximum Gasteiger partial charge on any atom is 0.322 e. The van der Waals surface area contributed by atoms with Gasteiger partial charge in [-0.3, -0.25) is 0 Å². The molecule has 3 aromatic rings. The minimum absolute atomic E-state index is 0.125. The molecule has 0 saturated carbocycles. The summed E-state index contributed by atoms with van der Waals surface area (Å²) in [7, 11) is 3.10. The van der Waals surface area contributed by atoms with Crippen molar-refractivity contribution in [3.8, 4) is 17.3 Å². The lowest BCUT2D eigenvalue weighted by Crippen LogP contribution is -2.41. The van der Waals surface area contributed by atoms with Gasteiger partial charge in [0.1, 0.15) is 17.6 Å². The first-order valence-corrected chi connectivity index (χ1v) is 9.05. The number of rotatable bonds is 4. The summed E-state index contributed by atoms with van der Waals surface area (Å²) >= 11 is 0. The molecule has 0 unspecified atom stereocenters. The van der Waals surface area contributed by atoms with E-state index in [9.17, 15) is 9.90 Å². The van der Waals surface area contributed by atoms with Crippen molar-refractivity contribution in [2.75, 3.05) is 26.1 Å². The van der Waals surface area contributed by atoms with E-state index in [2.05, 4.69) is 15.4 Å². The van der Waals surface area contributed by atoms with Crippen molar-refractivity contribution in [2.45, 2.75) is 12.6 Å². The molecule has 150 valence electrons. The molecule has 9 heteroatoms. The largest absolute Gasteiger partial charge is 0.496 e. The van der Waals surface area contributed by atoms with Gasteiger partial charge in [0.2, 0.25) is 0 Å². The lowest BCUT2D eigenvalue weighted by Gasteiger charge is -2.34. The van der Waals surface area contributed by atoms with E-state index in [4.69, 9.17) is 9.47 Å². The molecule has 0 bridgehead atoms. The molecular weight excluding hydrogens is 374 g/mol. The van der Waals surface area contributed by atoms with Gasteiger partial charge in [-0.15, -0.1) is 0 Å². The Morgan fingerprint density at radius 2 is 1.97 bits per heavy atom. The fraction of sp³-hybridized carbons (Fsp3) is 0.250. The number of benzene rings is 1. The average Bonchev–Trinajstić information content (AvgIpc) is 3.27. The molecule has 0 fully saturated rings. The molecule has 2 amide bonds. The number of methoxy groups -OCH3 is 2. The molecule has 2 N–H and O–H groups in total. The number of ether oxygens (including phenoxy) is 2. The number of hydrogen-bond donors (Lipinski definition) is 2. The number of nitrogens with one attached hydrogen (secondary N) is 1. The number of amides is 2. The van der Waals surface area contributed by atoms with Gasteiger partial charge in [-0.1, -0.05) is 0 Å². The van der Waals surface area contributed by atoms with Gasteiger partial charge in [-0.25, -0.2) is 14.5 Å². The van der Waals surface area contributed by atoms with E-state index in [1.54, 1.807) is 67.8 Å². The predicted molar refractivity (Wildman–Crippen MR) is 105 cm³/mol. The number of carbonyl (C=O) groups excluding carboxylic acids is 1. The van der Waals surface area contributed by atoms with Crippen molar-refractivity contribution >= 4 is 11.7 Å². The molecule has 29 heavy (non-hydrogen) atoms. The highest BCUT2D eigenvalue weighted by Gasteiger charge is 2.32. The number of aromatic nitrogens is 3. The standard InChI is InChI=1S/C20H21N5O4/c1-28-16-6-7-17(29-2)18-13(16)11-24(12-15(18)26)20(27)23-14-5-3-8-21-19(14)25-10-4-9-22-25/h3-10,15,26H,11-12H2,1-2H3,(H,23,27)/t15-/m0/s1. The van der Waals surface area contributed by atoms with Crippen LogP contribution in [0.4, 0.5) is 10.5 Å². The number of hydrogen-bond acceptors (Lipinski definition) is 6. The molecule has 9 nitrogen and oxygen atoms in total. The second-order valence-electron chi connectivity index (χ2n) is 6.51. The van der Waals surface area contributed by atoms with Crippen molar-refractivity contribution < 1.29 is 19.4 Å². The Morgan fingerprint density at radius 1 is 1.17 bits per heavy atom. The van der Waals surface area contributed by atoms with Crippen LogP contribution in [-0.4, -0.2) is 51.6 Å². The Hall–Kier alpha value is -3.59. The summed E-state index contributed by atoms with van der Waals surface area (Å²) < 4.78 is 12.4. The zero-order valence-electron chi connectivity index (χ0n) is 16.1. The Labute approximate surface area is 167 Å². The fourth-order valence-corrected chi connectivity index (χ4v) is 3.50. The SMILES string of the molecule is COc1ccc(OC)c2c1CN(C(=O)Nc1cccnc1-n1cccn1)C[C@@H]2O. The van der Waals surface area contributed by atoms with Crippen LogP contribution in [0.2, 0.25) is 0 Å². The molecule has 1 aliphatic heterocycles. The summed E-state index contributed by atoms with van der Waals surface area (Å²) in [6.45, 7) is 0.399. The number of anilines is 1. The van der Waals surface area contributed by atoms with Crippen molar-refractivity contribution in [3.63, 3.8) is 0 Å². The molecule has 0 saturated heterocycles. The molecule has 0 radical (unpaired) electrons. The number of fused-ring (bicyclic) bond motifs is 1. The molecule has 1 aromatic carbocycles. The predicted octanol–water partition coefficient (Wildman–Crippen LogP) is 2.37. The minimum Gasteiger partial charge on any atom is -0.496 e. The molecular formula is C20H21N5O4. The fourth-order valence-electron chi connectivity index (χ4n) is 3.50. The van der Waals surface area contributed by atoms with Crippen LogP contribution in [0.3, 0.4) is 0 Å². The third-order valence-corrected chi connectivity index (χ3v) is 4.83. The monoisotopic (exact) mass is 395 g/mol. The number of β-amino-alcohol motifs (C(OH)–C–C–N with tert-alkyl or cyclic N) is 1. The molecule has 4 rings (SSSR count). The van der Waals surface area contributed by atoms with Crippen LogP contribution >= 0.6 is 0 Å². The highest BCUT2D eigenvalue weighted by atomic mass is 16.5. The molecule has 1 atom stereocenters. The maximum atomic E-state index is 13.0. The molecule has 0 aliphatic carbocycles. The highest BCUT2D eigenvalue weighted by molar-refractivity contribution is 5.91. The van der Waals surface area contributed by atoms with Crippen LogP contribution in [0.5, 0.6) is 11.5 Å². The van der Waals surface area contributed by atoms with E-state index in [0.29, 0.717) is 28.6 Å². The van der Waals surface area contributed by atoms with E-state index >= 15 is 0 Å². The summed E-state index contributed by atoms with van der Waals surface area (Å²) in [6, 6.07) is 8.42. The van der Waals surface area contributed by atoms with Crippen molar-refractivity contribution in [3.05, 3.63) is 60.0 Å². The van der Waals surface area contributed by atoms with E-state index in [0.717, 1.165) is 5.56 Å². The lowest BCUT2D eigenvalue weighted by molar-refractivity contribution is 0.105. The zero-order chi connectivity index (χ0) is 20.4. The zero-order valence-corrected chi connectivity index (χ0v) is 16.1. The summed E-state index contributed by atoms with van der Waals surface area (Å²) in [5.41, 5.74) is 1.88. The summed E-state index contributed by atoms with van der Waals surface area (Å²) in [5, 5.41) is 17.7. The summed E-state index contributed by atoms with van der Waals surface area (Å²) in [5.74, 6) is 1.67.